The zero-order valence-electron chi connectivity index (χ0n) is 77.4. The predicted octanol–water partition coefficient (Wildman–Crippen LogP) is 18.3. The number of aryl methyl sites for hydroxylation is 2. The summed E-state index contributed by atoms with van der Waals surface area (Å²) in [6.07, 6.45) is 24.9. The van der Waals surface area contributed by atoms with Crippen LogP contribution in [0.1, 0.15) is 126 Å². The van der Waals surface area contributed by atoms with Gasteiger partial charge in [0.25, 0.3) is 0 Å². The smallest absolute Gasteiger partial charge is 0.344 e. The first-order valence-corrected chi connectivity index (χ1v) is 49.5. The molecular weight excluding hydrogens is 2580 g/mol. The van der Waals surface area contributed by atoms with Crippen LogP contribution in [0.25, 0.3) is 69.1 Å². The van der Waals surface area contributed by atoms with Gasteiger partial charge < -0.3 is 37.5 Å². The molecule has 0 saturated heterocycles. The van der Waals surface area contributed by atoms with Gasteiger partial charge in [-0.3, -0.25) is 79.2 Å². The average molecular weight is 2660 g/mol. The number of hydrogen-bond donors (Lipinski definition) is 0. The Morgan fingerprint density at radius 1 is 0.236 bits per heavy atom. The van der Waals surface area contributed by atoms with Gasteiger partial charge in [-0.05, 0) is 137 Å². The number of hydrogen-bond acceptors (Lipinski definition) is 16. The Kier molecular flexibility index (Phi) is 33.8. The Hall–Kier alpha value is -12.3. The van der Waals surface area contributed by atoms with Gasteiger partial charge in [-0.25, -0.2) is 54.1 Å². The molecule has 18 aromatic rings. The molecular formula is C98H84F12N24Pt4Si2. The maximum absolute atomic E-state index is 14.3. The number of rotatable bonds is 22. The Balaban J connectivity index is 0.000000181. The van der Waals surface area contributed by atoms with E-state index in [1.165, 1.54) is 21.5 Å². The van der Waals surface area contributed by atoms with Crippen LogP contribution in [0, 0.1) is 120 Å². The largest absolute Gasteiger partial charge is 2.00 e. The summed E-state index contributed by atoms with van der Waals surface area (Å²) in [6.45, 7) is 33.7. The van der Waals surface area contributed by atoms with Crippen molar-refractivity contribution >= 4 is 26.8 Å². The van der Waals surface area contributed by atoms with E-state index >= 15 is 0 Å². The molecule has 0 radical (unpaired) electrons. The van der Waals surface area contributed by atoms with E-state index < -0.39 is 130 Å². The van der Waals surface area contributed by atoms with Crippen LogP contribution in [0.3, 0.4) is 0 Å². The van der Waals surface area contributed by atoms with Gasteiger partial charge >= 0.3 is 84.3 Å². The van der Waals surface area contributed by atoms with E-state index in [0.717, 1.165) is 115 Å². The summed E-state index contributed by atoms with van der Waals surface area (Å²) in [7, 11) is -3.01. The minimum Gasteiger partial charge on any atom is -0.344 e. The van der Waals surface area contributed by atoms with Crippen molar-refractivity contribution in [1.29, 1.82) is 0 Å². The number of aromatic nitrogens is 24. The van der Waals surface area contributed by atoms with Crippen molar-refractivity contribution in [1.82, 2.24) is 118 Å². The topological polar surface area (TPSA) is 246 Å². The summed E-state index contributed by atoms with van der Waals surface area (Å²) >= 11 is 0. The Labute approximate surface area is 857 Å². The van der Waals surface area contributed by atoms with Gasteiger partial charge in [0.15, 0.2) is 58.2 Å². The second-order valence-electron chi connectivity index (χ2n) is 35.3. The Bertz CT molecular complexity index is 6960. The Morgan fingerprint density at radius 3 is 0.614 bits per heavy atom. The SMILES string of the molecule is CC(C)(c1cccc(-n2[c-]cc(-c3c(F)c(F)c(F)c(F)c3F)n2)n1)c1cccc(-n2[c-]cc(-c3c(F)c(F)c(F)c(F)c3F)n2)n1.CC(C)(c1cccc(-n2[c-]cc(F)n2)n1)c1cccc(-n2[c-]cc(F)n2)n1.CC(C)(c1cccc(-n2[c-]cc([Si](C)(C)C)n2)n1)c1cccc(-n2[c-]cc([Si](C)(C)C)n2)n1.CCc1c[c-]n(-c2cccc(C(C)(C)c3cccc(-n4[c-]cc(CC)n4)n3)n2)n1.[Pt+2].[Pt+2].[Pt+2].[Pt+2]. The maximum Gasteiger partial charge on any atom is 2.00 e. The minimum atomic E-state index is -2.31. The molecule has 16 aromatic heterocycles. The summed E-state index contributed by atoms with van der Waals surface area (Å²) in [6, 6.07) is 55.9. The van der Waals surface area contributed by atoms with Crippen LogP contribution in [-0.2, 0) is 119 Å². The monoisotopic (exact) mass is 2660 g/mol. The molecule has 0 amide bonds. The van der Waals surface area contributed by atoms with Crippen LogP contribution >= 0.6 is 0 Å². The van der Waals surface area contributed by atoms with E-state index in [-0.39, 0.29) is 95.9 Å². The second kappa shape index (κ2) is 43.8. The fourth-order valence-electron chi connectivity index (χ4n) is 13.9. The fraction of sp³-hybridized carbons (Fsp3) is 0.224. The average Bonchev–Trinajstić information content (AvgIpc) is 1.56. The molecule has 0 saturated carbocycles. The van der Waals surface area contributed by atoms with E-state index in [9.17, 15) is 52.7 Å². The quantitative estimate of drug-likeness (QED) is 0.0201. The molecule has 0 aliphatic heterocycles. The van der Waals surface area contributed by atoms with Gasteiger partial charge in [-0.1, -0.05) is 213 Å². The summed E-state index contributed by atoms with van der Waals surface area (Å²) in [5.74, 6) is -18.6. The second-order valence-corrected chi connectivity index (χ2v) is 45.3. The van der Waals surface area contributed by atoms with E-state index in [0.29, 0.717) is 34.4 Å². The minimum absolute atomic E-state index is 0. The van der Waals surface area contributed by atoms with Crippen molar-refractivity contribution in [3.63, 3.8) is 0 Å². The third-order valence-corrected chi connectivity index (χ3v) is 25.8. The fourth-order valence-corrected chi connectivity index (χ4v) is 15.7. The number of nitrogens with zero attached hydrogens (tertiary/aromatic N) is 24. The summed E-state index contributed by atoms with van der Waals surface area (Å²) < 4.78 is 177. The summed E-state index contributed by atoms with van der Waals surface area (Å²) in [4.78, 5) is 37.8. The molecule has 0 N–H and O–H groups in total. The van der Waals surface area contributed by atoms with Gasteiger partial charge in [-0.2, -0.15) is 0 Å². The van der Waals surface area contributed by atoms with Crippen molar-refractivity contribution in [2.24, 2.45) is 0 Å². The molecule has 0 aliphatic carbocycles. The predicted molar refractivity (Wildman–Crippen MR) is 485 cm³/mol. The maximum atomic E-state index is 14.3. The van der Waals surface area contributed by atoms with Crippen molar-refractivity contribution < 1.29 is 137 Å². The molecule has 0 unspecified atom stereocenters. The molecule has 0 atom stereocenters. The van der Waals surface area contributed by atoms with Crippen LogP contribution in [-0.4, -0.2) is 134 Å². The normalized spacial score (nSPS) is 11.7. The third kappa shape index (κ3) is 23.0. The van der Waals surface area contributed by atoms with Gasteiger partial charge in [-0.15, -0.1) is 48.5 Å². The van der Waals surface area contributed by atoms with Crippen LogP contribution in [0.4, 0.5) is 52.7 Å². The van der Waals surface area contributed by atoms with Crippen molar-refractivity contribution in [2.75, 3.05) is 0 Å². The molecule has 0 fully saturated rings. The molecule has 140 heavy (non-hydrogen) atoms. The zero-order valence-corrected chi connectivity index (χ0v) is 88.5. The molecule has 18 rings (SSSR count). The van der Waals surface area contributed by atoms with Gasteiger partial charge in [0, 0.05) is 94.5 Å². The van der Waals surface area contributed by atoms with Crippen molar-refractivity contribution in [3.8, 4) is 69.1 Å². The first kappa shape index (κ1) is 108. The standard InChI is InChI=1S/C31H14F10N6.C25H32N6Si2.C23H24N6.C19H14F2N6.4Pt/c1-31(2,15-5-3-7-17(42-15)46-11-9-13(44-46)19-21(32)25(36)29(40)26(37)22(19)33)16-6-4-8-18(43-16)47-12-10-14(45-47)20-23(34)27(38)30(41)28(39)24(20)35;1-25(2,19-11-9-13-21(26-19)30-17-15-23(28-30)32(3,4)5)20-12-10-14-22(27-20)31-18-16-24(29-31)33(6,7)8;1-5-17-13-15-28(26-17)21-11-7-9-19(24-21)23(3,4)20-10-8-12-22(25-20)29-16-14-18(6-2)27-29;1-19(2,13-5-3-7-17(22-13)26-11-9-15(20)24-26)14-6-4-8-18(23-14)27-12-10-16(21)25-27;;;;/h3-10H,1-2H3;9-16H,1-8H3;7-14H,5-6H2,1-4H3;3-10H,1-2H3;;;;/q4*-2;4*+2. The van der Waals surface area contributed by atoms with Crippen molar-refractivity contribution in [2.45, 2.75) is 143 Å². The van der Waals surface area contributed by atoms with Gasteiger partial charge in [0.1, 0.15) is 11.9 Å². The third-order valence-electron chi connectivity index (χ3n) is 22.2. The van der Waals surface area contributed by atoms with Crippen LogP contribution in [0.5, 0.6) is 0 Å². The van der Waals surface area contributed by atoms with E-state index in [4.69, 9.17) is 30.1 Å². The molecule has 728 valence electrons. The van der Waals surface area contributed by atoms with E-state index in [1.54, 1.807) is 69.0 Å². The zero-order chi connectivity index (χ0) is 97.4. The number of pyridine rings is 8. The number of halogens is 12. The summed E-state index contributed by atoms with van der Waals surface area (Å²) in [5.41, 5.74) is 1.73. The molecule has 16 heterocycles. The van der Waals surface area contributed by atoms with Crippen LogP contribution in [0.15, 0.2) is 194 Å². The number of benzene rings is 2. The van der Waals surface area contributed by atoms with E-state index in [1.807, 2.05) is 135 Å². The first-order valence-electron chi connectivity index (χ1n) is 42.5. The molecule has 42 heteroatoms. The first-order chi connectivity index (χ1) is 64.5. The molecule has 0 spiro atoms. The van der Waals surface area contributed by atoms with Gasteiger partial charge in [0.2, 0.25) is 0 Å². The molecule has 0 aliphatic rings. The van der Waals surface area contributed by atoms with Crippen LogP contribution in [0.2, 0.25) is 39.3 Å². The molecule has 0 bridgehead atoms. The van der Waals surface area contributed by atoms with Crippen LogP contribution < -0.4 is 10.6 Å². The Morgan fingerprint density at radius 2 is 0.421 bits per heavy atom. The van der Waals surface area contributed by atoms with E-state index in [2.05, 4.69) is 181 Å². The van der Waals surface area contributed by atoms with Crippen molar-refractivity contribution in [3.05, 3.63) is 371 Å². The van der Waals surface area contributed by atoms with Gasteiger partial charge in [0.05, 0.1) is 46.5 Å². The molecule has 24 nitrogen and oxygen atoms in total. The summed E-state index contributed by atoms with van der Waals surface area (Å²) in [5, 5.41) is 36.0. The molecule has 2 aromatic carbocycles.